The van der Waals surface area contributed by atoms with Crippen molar-refractivity contribution in [3.8, 4) is 0 Å². The summed E-state index contributed by atoms with van der Waals surface area (Å²) >= 11 is 0. The van der Waals surface area contributed by atoms with Gasteiger partial charge in [-0.05, 0) is 6.42 Å². The molecular formula is C17H23NaO10S. The second-order valence-electron chi connectivity index (χ2n) is 8.59. The number of hydrogen-bond acceptors (Lipinski definition) is 10. The van der Waals surface area contributed by atoms with Crippen LogP contribution in [0.1, 0.15) is 27.2 Å². The van der Waals surface area contributed by atoms with Crippen LogP contribution in [0, 0.1) is 16.7 Å². The molecule has 4 fully saturated rings. The minimum Gasteiger partial charge on any atom is -0.748 e. The molecule has 2 bridgehead atoms. The van der Waals surface area contributed by atoms with Crippen LogP contribution in [-0.2, 0) is 33.9 Å². The molecule has 9 atom stereocenters. The van der Waals surface area contributed by atoms with Gasteiger partial charge >= 0.3 is 35.5 Å². The Morgan fingerprint density at radius 1 is 1.38 bits per heavy atom. The summed E-state index contributed by atoms with van der Waals surface area (Å²) in [6.45, 7) is 3.49. The first-order chi connectivity index (χ1) is 12.9. The van der Waals surface area contributed by atoms with E-state index in [0.717, 1.165) is 0 Å². The predicted molar refractivity (Wildman–Crippen MR) is 88.8 cm³/mol. The van der Waals surface area contributed by atoms with Crippen LogP contribution in [0.2, 0.25) is 0 Å². The molecule has 29 heavy (non-hydrogen) atoms. The second kappa shape index (κ2) is 6.94. The molecule has 2 N–H and O–H groups in total. The van der Waals surface area contributed by atoms with Gasteiger partial charge in [0.15, 0.2) is 5.78 Å². The van der Waals surface area contributed by atoms with E-state index in [9.17, 15) is 32.8 Å². The number of hydrogen-bond donors (Lipinski definition) is 2. The molecule has 10 nitrogen and oxygen atoms in total. The van der Waals surface area contributed by atoms with Crippen LogP contribution in [0.15, 0.2) is 0 Å². The first-order valence-electron chi connectivity index (χ1n) is 9.11. The summed E-state index contributed by atoms with van der Waals surface area (Å²) in [5, 5.41) is 19.5. The molecule has 4 aliphatic rings. The quantitative estimate of drug-likeness (QED) is 0.188. The van der Waals surface area contributed by atoms with Crippen LogP contribution in [-0.4, -0.2) is 83.4 Å². The van der Waals surface area contributed by atoms with Crippen molar-refractivity contribution in [2.75, 3.05) is 13.2 Å². The fraction of sp³-hybridized carbons (Fsp3) is 0.882. The van der Waals surface area contributed by atoms with Gasteiger partial charge in [0.1, 0.15) is 34.0 Å². The first kappa shape index (κ1) is 23.6. The van der Waals surface area contributed by atoms with Crippen molar-refractivity contribution in [1.29, 1.82) is 0 Å². The SMILES string of the molecule is CC(=O)O[C@@H]1C[C@@]2(C)C3(CO3)[C@@H]1O[C@@H]1C(S(=O)(=O)[O-])[C@H](C)C(=O)[C@H](O)[C@@]12CO.[Na+]. The van der Waals surface area contributed by atoms with E-state index in [2.05, 4.69) is 0 Å². The molecule has 1 spiro atoms. The molecule has 0 aromatic carbocycles. The number of fused-ring (bicyclic) bond motifs is 2. The Morgan fingerprint density at radius 3 is 2.41 bits per heavy atom. The van der Waals surface area contributed by atoms with Gasteiger partial charge in [-0.2, -0.15) is 0 Å². The fourth-order valence-electron chi connectivity index (χ4n) is 6.06. The average molecular weight is 442 g/mol. The van der Waals surface area contributed by atoms with Gasteiger partial charge in [-0.3, -0.25) is 9.59 Å². The van der Waals surface area contributed by atoms with Gasteiger partial charge in [0.05, 0.1) is 30.0 Å². The first-order valence-corrected chi connectivity index (χ1v) is 10.6. The molecule has 0 aromatic rings. The molecule has 4 rings (SSSR count). The van der Waals surface area contributed by atoms with E-state index < -0.39 is 80.5 Å². The molecule has 2 saturated heterocycles. The Balaban J connectivity index is 0.00000240. The molecule has 0 aromatic heterocycles. The minimum atomic E-state index is -5.02. The van der Waals surface area contributed by atoms with E-state index in [1.54, 1.807) is 6.92 Å². The molecule has 2 heterocycles. The van der Waals surface area contributed by atoms with Crippen molar-refractivity contribution in [1.82, 2.24) is 0 Å². The van der Waals surface area contributed by atoms with Crippen molar-refractivity contribution in [2.24, 2.45) is 16.7 Å². The summed E-state index contributed by atoms with van der Waals surface area (Å²) in [6, 6.07) is 0. The van der Waals surface area contributed by atoms with Crippen molar-refractivity contribution in [3.05, 3.63) is 0 Å². The smallest absolute Gasteiger partial charge is 0.748 e. The Labute approximate surface area is 190 Å². The number of carbonyl (C=O) groups excluding carboxylic acids is 2. The normalized spacial score (nSPS) is 50.6. The van der Waals surface area contributed by atoms with E-state index in [4.69, 9.17) is 14.2 Å². The summed E-state index contributed by atoms with van der Waals surface area (Å²) in [5.41, 5.74) is -4.01. The number of ether oxygens (including phenoxy) is 3. The summed E-state index contributed by atoms with van der Waals surface area (Å²) in [6.07, 6.45) is -4.83. The third kappa shape index (κ3) is 2.72. The summed E-state index contributed by atoms with van der Waals surface area (Å²) in [5.74, 6) is -2.74. The van der Waals surface area contributed by atoms with Gasteiger partial charge in [0.25, 0.3) is 0 Å². The summed E-state index contributed by atoms with van der Waals surface area (Å²) < 4.78 is 53.2. The van der Waals surface area contributed by atoms with Crippen LogP contribution in [0.25, 0.3) is 0 Å². The maximum atomic E-state index is 12.8. The number of rotatable bonds is 3. The van der Waals surface area contributed by atoms with Gasteiger partial charge in [-0.25, -0.2) is 8.42 Å². The molecule has 2 unspecified atom stereocenters. The number of aliphatic hydroxyl groups is 2. The van der Waals surface area contributed by atoms with Crippen molar-refractivity contribution in [3.63, 3.8) is 0 Å². The topological polar surface area (TPSA) is 163 Å². The zero-order valence-corrected chi connectivity index (χ0v) is 19.5. The number of esters is 1. The molecule has 2 saturated carbocycles. The monoisotopic (exact) mass is 442 g/mol. The fourth-order valence-corrected chi connectivity index (χ4v) is 7.30. The van der Waals surface area contributed by atoms with Crippen molar-refractivity contribution < 1.29 is 76.5 Å². The van der Waals surface area contributed by atoms with E-state index in [-0.39, 0.29) is 42.6 Å². The maximum absolute atomic E-state index is 12.8. The number of ketones is 1. The largest absolute Gasteiger partial charge is 1.00 e. The Bertz CT molecular complexity index is 841. The second-order valence-corrected chi connectivity index (χ2v) is 10.1. The maximum Gasteiger partial charge on any atom is 1.00 e. The van der Waals surface area contributed by atoms with Gasteiger partial charge < -0.3 is 29.0 Å². The Morgan fingerprint density at radius 2 is 1.97 bits per heavy atom. The van der Waals surface area contributed by atoms with Crippen LogP contribution < -0.4 is 29.6 Å². The van der Waals surface area contributed by atoms with E-state index in [1.807, 2.05) is 0 Å². The predicted octanol–water partition coefficient (Wildman–Crippen LogP) is -4.66. The molecule has 2 aliphatic carbocycles. The summed E-state index contributed by atoms with van der Waals surface area (Å²) in [4.78, 5) is 24.3. The number of epoxide rings is 1. The zero-order chi connectivity index (χ0) is 20.9. The molecule has 0 radical (unpaired) electrons. The van der Waals surface area contributed by atoms with Crippen LogP contribution >= 0.6 is 0 Å². The number of Topliss-reactive ketones (excluding diaryl/α,β-unsaturated/α-hetero) is 1. The van der Waals surface area contributed by atoms with Gasteiger partial charge in [0, 0.05) is 18.3 Å². The number of carbonyl (C=O) groups is 2. The van der Waals surface area contributed by atoms with E-state index in [1.165, 1.54) is 13.8 Å². The van der Waals surface area contributed by atoms with Gasteiger partial charge in [0.2, 0.25) is 0 Å². The van der Waals surface area contributed by atoms with Crippen LogP contribution in [0.4, 0.5) is 0 Å². The van der Waals surface area contributed by atoms with Crippen LogP contribution in [0.5, 0.6) is 0 Å². The van der Waals surface area contributed by atoms with Gasteiger partial charge in [-0.1, -0.05) is 13.8 Å². The Hall–Kier alpha value is -0.110. The standard InChI is InChI=1S/C17H24O10S.Na/c1-7-10(20)12(21)16(5-18)14(11(7)28(22,23)24)27-13-9(26-8(2)19)4-15(16,3)17(13)6-25-17;/h7,9,11-14,18,21H,4-6H2,1-3H3,(H,22,23,24);/q;+1/p-1/t7-,9-,11?,12+,13-,14-,15-,16+,17?;/m1./s1. The molecule has 158 valence electrons. The minimum absolute atomic E-state index is 0. The van der Waals surface area contributed by atoms with Crippen molar-refractivity contribution >= 4 is 21.9 Å². The Kier molecular flexibility index (Phi) is 5.64. The zero-order valence-electron chi connectivity index (χ0n) is 16.7. The third-order valence-electron chi connectivity index (χ3n) is 7.53. The third-order valence-corrected chi connectivity index (χ3v) is 8.86. The number of aliphatic hydroxyl groups excluding tert-OH is 2. The summed E-state index contributed by atoms with van der Waals surface area (Å²) in [7, 11) is -5.02. The van der Waals surface area contributed by atoms with Crippen LogP contribution in [0.3, 0.4) is 0 Å². The van der Waals surface area contributed by atoms with Crippen molar-refractivity contribution in [2.45, 2.75) is 62.5 Å². The molecule has 0 amide bonds. The molecule has 2 aliphatic heterocycles. The molecular weight excluding hydrogens is 419 g/mol. The van der Waals surface area contributed by atoms with Gasteiger partial charge in [-0.15, -0.1) is 0 Å². The molecule has 12 heteroatoms. The van der Waals surface area contributed by atoms with E-state index >= 15 is 0 Å². The average Bonchev–Trinajstić information content (AvgIpc) is 3.33. The van der Waals surface area contributed by atoms with E-state index in [0.29, 0.717) is 0 Å².